The summed E-state index contributed by atoms with van der Waals surface area (Å²) < 4.78 is 11.6. The van der Waals surface area contributed by atoms with Crippen LogP contribution in [0.2, 0.25) is 0 Å². The summed E-state index contributed by atoms with van der Waals surface area (Å²) in [6, 6.07) is 10.3. The van der Waals surface area contributed by atoms with Gasteiger partial charge in [0, 0.05) is 24.1 Å². The topological polar surface area (TPSA) is 135 Å². The zero-order chi connectivity index (χ0) is 27.8. The molecular formula is C29H40N4O5. The second kappa shape index (κ2) is 13.5. The van der Waals surface area contributed by atoms with Crippen molar-refractivity contribution in [1.82, 2.24) is 15.0 Å². The molecule has 1 aromatic heterocycles. The Bertz CT molecular complexity index is 1230. The molecule has 0 aliphatic carbocycles. The molecule has 1 unspecified atom stereocenters. The number of aryl methyl sites for hydroxylation is 3. The first-order valence-electron chi connectivity index (χ1n) is 13.2. The van der Waals surface area contributed by atoms with Gasteiger partial charge < -0.3 is 30.1 Å². The lowest BCUT2D eigenvalue weighted by molar-refractivity contribution is -0.127. The summed E-state index contributed by atoms with van der Waals surface area (Å²) in [6.07, 6.45) is 0.0622. The summed E-state index contributed by atoms with van der Waals surface area (Å²) in [5, 5.41) is 24.0. The molecule has 0 aliphatic heterocycles. The highest BCUT2D eigenvalue weighted by atomic mass is 16.5. The molecular weight excluding hydrogens is 484 g/mol. The molecule has 3 aromatic rings. The van der Waals surface area contributed by atoms with Gasteiger partial charge in [0.25, 0.3) is 5.89 Å². The van der Waals surface area contributed by atoms with E-state index in [9.17, 15) is 15.0 Å². The molecule has 4 N–H and O–H groups in total. The van der Waals surface area contributed by atoms with Crippen LogP contribution < -0.4 is 10.5 Å². The fourth-order valence-electron chi connectivity index (χ4n) is 4.48. The normalized spacial score (nSPS) is 13.1. The van der Waals surface area contributed by atoms with E-state index in [-0.39, 0.29) is 13.0 Å². The molecule has 0 fully saturated rings. The van der Waals surface area contributed by atoms with E-state index in [2.05, 4.69) is 49.2 Å². The van der Waals surface area contributed by atoms with Gasteiger partial charge in [0.1, 0.15) is 18.5 Å². The van der Waals surface area contributed by atoms with E-state index < -0.39 is 18.1 Å². The quantitative estimate of drug-likeness (QED) is 0.291. The zero-order valence-corrected chi connectivity index (χ0v) is 23.0. The third-order valence-corrected chi connectivity index (χ3v) is 6.43. The molecule has 0 aliphatic rings. The van der Waals surface area contributed by atoms with E-state index in [4.69, 9.17) is 20.0 Å². The van der Waals surface area contributed by atoms with Crippen LogP contribution in [0.4, 0.5) is 0 Å². The van der Waals surface area contributed by atoms with Crippen LogP contribution in [-0.4, -0.2) is 63.6 Å². The van der Waals surface area contributed by atoms with Crippen molar-refractivity contribution in [2.45, 2.75) is 72.1 Å². The number of nitrogens with zero attached hydrogens (tertiary/aromatic N) is 3. The predicted molar refractivity (Wildman–Crippen MR) is 147 cm³/mol. The largest absolute Gasteiger partial charge is 0.490 e. The summed E-state index contributed by atoms with van der Waals surface area (Å²) in [5.41, 5.74) is 11.0. The van der Waals surface area contributed by atoms with Gasteiger partial charge >= 0.3 is 0 Å². The minimum absolute atomic E-state index is 0.0760. The number of carbonyl (C=O) groups is 1. The van der Waals surface area contributed by atoms with Gasteiger partial charge in [-0.25, -0.2) is 0 Å². The molecule has 0 saturated heterocycles. The molecule has 2 aromatic carbocycles. The number of rotatable bonds is 14. The van der Waals surface area contributed by atoms with Crippen molar-refractivity contribution in [1.29, 1.82) is 0 Å². The average molecular weight is 525 g/mol. The molecule has 206 valence electrons. The minimum atomic E-state index is -1.42. The van der Waals surface area contributed by atoms with Crippen molar-refractivity contribution in [2.24, 2.45) is 5.73 Å². The number of benzene rings is 2. The smallest absolute Gasteiger partial charge is 0.258 e. The van der Waals surface area contributed by atoms with Crippen LogP contribution in [0.1, 0.15) is 55.9 Å². The van der Waals surface area contributed by atoms with E-state index in [1.807, 2.05) is 26.0 Å². The van der Waals surface area contributed by atoms with Gasteiger partial charge in [-0.15, -0.1) is 0 Å². The lowest BCUT2D eigenvalue weighted by atomic mass is 10.0. The maximum absolute atomic E-state index is 11.0. The molecule has 0 radical (unpaired) electrons. The summed E-state index contributed by atoms with van der Waals surface area (Å²) in [5.74, 6) is 0.728. The minimum Gasteiger partial charge on any atom is -0.490 e. The van der Waals surface area contributed by atoms with Crippen LogP contribution in [0.15, 0.2) is 34.9 Å². The third-order valence-electron chi connectivity index (χ3n) is 6.43. The zero-order valence-electron chi connectivity index (χ0n) is 23.0. The number of hydrogen-bond donors (Lipinski definition) is 3. The van der Waals surface area contributed by atoms with Gasteiger partial charge in [0.2, 0.25) is 11.7 Å². The molecule has 2 atom stereocenters. The third kappa shape index (κ3) is 7.63. The Kier molecular flexibility index (Phi) is 10.4. The lowest BCUT2D eigenvalue weighted by Crippen LogP contribution is -2.33. The Balaban J connectivity index is 1.82. The average Bonchev–Trinajstić information content (AvgIpc) is 3.38. The number of nitrogens with two attached hydrogens (primary N) is 1. The number of aliphatic hydroxyl groups is 2. The molecule has 1 amide bonds. The Hall–Kier alpha value is -3.27. The van der Waals surface area contributed by atoms with E-state index in [1.54, 1.807) is 0 Å². The number of hydrogen-bond acceptors (Lipinski definition) is 8. The monoisotopic (exact) mass is 524 g/mol. The molecule has 1 heterocycles. The van der Waals surface area contributed by atoms with Crippen LogP contribution in [-0.2, 0) is 24.2 Å². The maximum Gasteiger partial charge on any atom is 0.258 e. The predicted octanol–water partition coefficient (Wildman–Crippen LogP) is 3.65. The summed E-state index contributed by atoms with van der Waals surface area (Å²) in [6.45, 7) is 10.0. The number of primary amides is 1. The van der Waals surface area contributed by atoms with Gasteiger partial charge in [-0.1, -0.05) is 32.0 Å². The van der Waals surface area contributed by atoms with Crippen molar-refractivity contribution in [3.05, 3.63) is 52.6 Å². The van der Waals surface area contributed by atoms with Crippen LogP contribution in [0, 0.1) is 6.92 Å². The molecule has 3 rings (SSSR count). The number of aliphatic hydroxyl groups excluding tert-OH is 2. The van der Waals surface area contributed by atoms with Crippen molar-refractivity contribution in [3.8, 4) is 28.6 Å². The molecule has 9 heteroatoms. The van der Waals surface area contributed by atoms with Crippen LogP contribution in [0.3, 0.4) is 0 Å². The highest BCUT2D eigenvalue weighted by Gasteiger charge is 2.20. The van der Waals surface area contributed by atoms with Gasteiger partial charge in [-0.3, -0.25) is 4.79 Å². The number of aromatic nitrogens is 2. The summed E-state index contributed by atoms with van der Waals surface area (Å²) in [7, 11) is 2.12. The number of carbonyl (C=O) groups excluding carboxylic acids is 1. The SMILES string of the molecule is CCCN(C)Cc1cc(CC)cc(-c2nc(-c3cc(C)c(OC[C@@H](O)CC(O)C(N)=O)c(CC)c3)no2)c1. The highest BCUT2D eigenvalue weighted by Crippen LogP contribution is 2.32. The highest BCUT2D eigenvalue weighted by molar-refractivity contribution is 5.78. The molecule has 0 saturated carbocycles. The Morgan fingerprint density at radius 3 is 2.47 bits per heavy atom. The van der Waals surface area contributed by atoms with Gasteiger partial charge in [0.15, 0.2) is 0 Å². The molecule has 9 nitrogen and oxygen atoms in total. The van der Waals surface area contributed by atoms with Crippen LogP contribution in [0.5, 0.6) is 5.75 Å². The van der Waals surface area contributed by atoms with Gasteiger partial charge in [0.05, 0.1) is 6.10 Å². The Morgan fingerprint density at radius 1 is 1.08 bits per heavy atom. The Labute approximate surface area is 224 Å². The fraction of sp³-hybridized carbons (Fsp3) is 0.483. The first-order chi connectivity index (χ1) is 18.1. The molecule has 38 heavy (non-hydrogen) atoms. The van der Waals surface area contributed by atoms with E-state index >= 15 is 0 Å². The van der Waals surface area contributed by atoms with Crippen LogP contribution >= 0.6 is 0 Å². The fourth-order valence-corrected chi connectivity index (χ4v) is 4.48. The molecule has 0 bridgehead atoms. The van der Waals surface area contributed by atoms with E-state index in [0.29, 0.717) is 23.9 Å². The number of amides is 1. The first kappa shape index (κ1) is 29.3. The maximum atomic E-state index is 11.0. The van der Waals surface area contributed by atoms with Crippen molar-refractivity contribution < 1.29 is 24.3 Å². The summed E-state index contributed by atoms with van der Waals surface area (Å²) in [4.78, 5) is 18.1. The standard InChI is InChI=1S/C29H40N4O5/c1-6-9-33(5)16-20-11-19(7-2)12-23(13-20)29-31-28(32-38-29)22-10-18(4)26(21(8-3)14-22)37-17-24(34)15-25(35)27(30)36/h10-14,24-25,34-35H,6-9,15-17H2,1-5H3,(H2,30,36)/t24-,25?/m0/s1. The van der Waals surface area contributed by atoms with Gasteiger partial charge in [-0.05, 0) is 86.3 Å². The second-order valence-electron chi connectivity index (χ2n) is 9.81. The van der Waals surface area contributed by atoms with Gasteiger partial charge in [-0.2, -0.15) is 4.98 Å². The van der Waals surface area contributed by atoms with E-state index in [0.717, 1.165) is 48.2 Å². The Morgan fingerprint density at radius 2 is 1.82 bits per heavy atom. The van der Waals surface area contributed by atoms with Crippen molar-refractivity contribution in [2.75, 3.05) is 20.2 Å². The second-order valence-corrected chi connectivity index (χ2v) is 9.81. The number of ether oxygens (including phenoxy) is 1. The van der Waals surface area contributed by atoms with E-state index in [1.165, 1.54) is 11.1 Å². The summed E-state index contributed by atoms with van der Waals surface area (Å²) >= 11 is 0. The first-order valence-corrected chi connectivity index (χ1v) is 13.2. The molecule has 0 spiro atoms. The van der Waals surface area contributed by atoms with Crippen LogP contribution in [0.25, 0.3) is 22.8 Å². The van der Waals surface area contributed by atoms with Crippen molar-refractivity contribution in [3.63, 3.8) is 0 Å². The van der Waals surface area contributed by atoms with Crippen molar-refractivity contribution >= 4 is 5.91 Å². The lowest BCUT2D eigenvalue weighted by Gasteiger charge is -2.18.